The number of hydrogen-bond acceptors (Lipinski definition) is 3. The molecule has 0 unspecified atom stereocenters. The SMILES string of the molecule is COc1ccc([C@H]2[C@H](C(=O)Nc3ccc4[nH]ccc4c3)c3ccccc3C(=O)N2C)cc1. The lowest BCUT2D eigenvalue weighted by molar-refractivity contribution is -0.119. The Balaban J connectivity index is 1.57. The molecule has 0 saturated carbocycles. The van der Waals surface area contributed by atoms with Crippen molar-refractivity contribution in [1.82, 2.24) is 9.88 Å². The van der Waals surface area contributed by atoms with Crippen molar-refractivity contribution in [2.24, 2.45) is 0 Å². The number of methoxy groups -OCH3 is 1. The van der Waals surface area contributed by atoms with Crippen LogP contribution in [0, 0.1) is 0 Å². The van der Waals surface area contributed by atoms with Gasteiger partial charge in [0.1, 0.15) is 5.75 Å². The maximum atomic E-state index is 13.7. The molecule has 1 aromatic heterocycles. The molecule has 3 aromatic carbocycles. The number of aromatic amines is 1. The minimum atomic E-state index is -0.566. The number of H-pyrrole nitrogens is 1. The monoisotopic (exact) mass is 425 g/mol. The number of amides is 2. The zero-order valence-electron chi connectivity index (χ0n) is 17.8. The van der Waals surface area contributed by atoms with E-state index in [1.54, 1.807) is 25.1 Å². The fraction of sp³-hybridized carbons (Fsp3) is 0.154. The molecule has 2 atom stereocenters. The lowest BCUT2D eigenvalue weighted by Gasteiger charge is -2.39. The van der Waals surface area contributed by atoms with E-state index in [1.165, 1.54) is 0 Å². The molecule has 1 aliphatic heterocycles. The lowest BCUT2D eigenvalue weighted by atomic mass is 9.79. The third-order valence-electron chi connectivity index (χ3n) is 6.14. The van der Waals surface area contributed by atoms with Crippen LogP contribution in [-0.4, -0.2) is 35.9 Å². The fourth-order valence-corrected chi connectivity index (χ4v) is 4.53. The molecule has 2 N–H and O–H groups in total. The van der Waals surface area contributed by atoms with E-state index >= 15 is 0 Å². The van der Waals surface area contributed by atoms with E-state index < -0.39 is 12.0 Å². The van der Waals surface area contributed by atoms with Gasteiger partial charge in [-0.2, -0.15) is 0 Å². The van der Waals surface area contributed by atoms with Crippen LogP contribution in [0.4, 0.5) is 5.69 Å². The normalized spacial score (nSPS) is 17.8. The molecule has 32 heavy (non-hydrogen) atoms. The summed E-state index contributed by atoms with van der Waals surface area (Å²) in [4.78, 5) is 31.6. The number of fused-ring (bicyclic) bond motifs is 2. The molecule has 0 fully saturated rings. The molecule has 6 nitrogen and oxygen atoms in total. The average Bonchev–Trinajstić information content (AvgIpc) is 3.29. The summed E-state index contributed by atoms with van der Waals surface area (Å²) in [5.74, 6) is -0.101. The van der Waals surface area contributed by atoms with Gasteiger partial charge in [0, 0.05) is 35.4 Å². The second-order valence-electron chi connectivity index (χ2n) is 7.97. The first kappa shape index (κ1) is 19.9. The zero-order valence-corrected chi connectivity index (χ0v) is 17.8. The summed E-state index contributed by atoms with van der Waals surface area (Å²) in [5.41, 5.74) is 3.88. The highest BCUT2D eigenvalue weighted by Gasteiger charge is 2.42. The van der Waals surface area contributed by atoms with Crippen molar-refractivity contribution in [3.8, 4) is 5.75 Å². The van der Waals surface area contributed by atoms with E-state index in [2.05, 4.69) is 10.3 Å². The number of nitrogens with one attached hydrogen (secondary N) is 2. The number of likely N-dealkylation sites (N-methyl/N-ethyl adjacent to an activating group) is 1. The smallest absolute Gasteiger partial charge is 0.254 e. The van der Waals surface area contributed by atoms with Gasteiger partial charge in [0.05, 0.1) is 19.1 Å². The molecule has 0 radical (unpaired) electrons. The van der Waals surface area contributed by atoms with Gasteiger partial charge in [-0.05, 0) is 53.6 Å². The molecular formula is C26H23N3O3. The molecule has 2 amide bonds. The number of carbonyl (C=O) groups excluding carboxylic acids is 2. The number of ether oxygens (including phenoxy) is 1. The van der Waals surface area contributed by atoms with E-state index in [0.717, 1.165) is 27.8 Å². The van der Waals surface area contributed by atoms with Crippen molar-refractivity contribution in [3.05, 3.63) is 95.7 Å². The number of nitrogens with zero attached hydrogens (tertiary/aromatic N) is 1. The van der Waals surface area contributed by atoms with Crippen LogP contribution in [0.1, 0.15) is 33.4 Å². The van der Waals surface area contributed by atoms with Gasteiger partial charge in [0.15, 0.2) is 0 Å². The maximum Gasteiger partial charge on any atom is 0.254 e. The Kier molecular flexibility index (Phi) is 4.90. The molecule has 160 valence electrons. The highest BCUT2D eigenvalue weighted by Crippen LogP contribution is 2.42. The summed E-state index contributed by atoms with van der Waals surface area (Å²) in [6, 6.07) is 22.1. The Morgan fingerprint density at radius 1 is 1.03 bits per heavy atom. The van der Waals surface area contributed by atoms with Crippen LogP contribution < -0.4 is 10.1 Å². The van der Waals surface area contributed by atoms with Gasteiger partial charge < -0.3 is 19.9 Å². The second-order valence-corrected chi connectivity index (χ2v) is 7.97. The molecule has 0 saturated heterocycles. The van der Waals surface area contributed by atoms with Crippen LogP contribution in [0.2, 0.25) is 0 Å². The second kappa shape index (κ2) is 7.89. The van der Waals surface area contributed by atoms with Gasteiger partial charge in [-0.1, -0.05) is 30.3 Å². The Morgan fingerprint density at radius 3 is 2.59 bits per heavy atom. The van der Waals surface area contributed by atoms with Gasteiger partial charge >= 0.3 is 0 Å². The summed E-state index contributed by atoms with van der Waals surface area (Å²) in [5, 5.41) is 4.10. The zero-order chi connectivity index (χ0) is 22.2. The molecular weight excluding hydrogens is 402 g/mol. The predicted octanol–water partition coefficient (Wildman–Crippen LogP) is 4.73. The van der Waals surface area contributed by atoms with Crippen molar-refractivity contribution in [2.45, 2.75) is 12.0 Å². The van der Waals surface area contributed by atoms with Crippen molar-refractivity contribution in [1.29, 1.82) is 0 Å². The lowest BCUT2D eigenvalue weighted by Crippen LogP contribution is -2.44. The topological polar surface area (TPSA) is 74.4 Å². The van der Waals surface area contributed by atoms with Crippen LogP contribution in [-0.2, 0) is 4.79 Å². The first-order valence-electron chi connectivity index (χ1n) is 10.4. The highest BCUT2D eigenvalue weighted by atomic mass is 16.5. The molecule has 0 spiro atoms. The van der Waals surface area contributed by atoms with E-state index in [1.807, 2.05) is 72.9 Å². The van der Waals surface area contributed by atoms with E-state index in [4.69, 9.17) is 4.74 Å². The maximum absolute atomic E-state index is 13.7. The van der Waals surface area contributed by atoms with Crippen LogP contribution >= 0.6 is 0 Å². The molecule has 6 heteroatoms. The first-order chi connectivity index (χ1) is 15.6. The summed E-state index contributed by atoms with van der Waals surface area (Å²) in [7, 11) is 3.36. The molecule has 4 aromatic rings. The third-order valence-corrected chi connectivity index (χ3v) is 6.14. The molecule has 1 aliphatic rings. The van der Waals surface area contributed by atoms with Crippen LogP contribution in [0.15, 0.2) is 79.0 Å². The van der Waals surface area contributed by atoms with Gasteiger partial charge in [-0.15, -0.1) is 0 Å². The summed E-state index contributed by atoms with van der Waals surface area (Å²) in [6.45, 7) is 0. The number of carbonyl (C=O) groups is 2. The van der Waals surface area contributed by atoms with Gasteiger partial charge in [0.25, 0.3) is 5.91 Å². The third kappa shape index (κ3) is 3.30. The predicted molar refractivity (Wildman–Crippen MR) is 124 cm³/mol. The van der Waals surface area contributed by atoms with Gasteiger partial charge in [-0.25, -0.2) is 0 Å². The van der Waals surface area contributed by atoms with E-state index in [-0.39, 0.29) is 11.8 Å². The number of rotatable bonds is 4. The van der Waals surface area contributed by atoms with Crippen molar-refractivity contribution in [3.63, 3.8) is 0 Å². The average molecular weight is 425 g/mol. The fourth-order valence-electron chi connectivity index (χ4n) is 4.53. The molecule has 5 rings (SSSR count). The Morgan fingerprint density at radius 2 is 1.81 bits per heavy atom. The first-order valence-corrected chi connectivity index (χ1v) is 10.4. The quantitative estimate of drug-likeness (QED) is 0.497. The number of hydrogen-bond donors (Lipinski definition) is 2. The highest BCUT2D eigenvalue weighted by molar-refractivity contribution is 6.04. The summed E-state index contributed by atoms with van der Waals surface area (Å²) < 4.78 is 5.28. The Bertz CT molecular complexity index is 1310. The van der Waals surface area contributed by atoms with Crippen molar-refractivity contribution >= 4 is 28.4 Å². The van der Waals surface area contributed by atoms with Gasteiger partial charge in [0.2, 0.25) is 5.91 Å². The van der Waals surface area contributed by atoms with Crippen LogP contribution in [0.25, 0.3) is 10.9 Å². The Labute approximate surface area is 185 Å². The Hall–Kier alpha value is -4.06. The minimum Gasteiger partial charge on any atom is -0.497 e. The van der Waals surface area contributed by atoms with Crippen LogP contribution in [0.5, 0.6) is 5.75 Å². The molecule has 0 bridgehead atoms. The number of benzene rings is 3. The van der Waals surface area contributed by atoms with E-state index in [9.17, 15) is 9.59 Å². The molecule has 0 aliphatic carbocycles. The summed E-state index contributed by atoms with van der Waals surface area (Å²) in [6.07, 6.45) is 1.87. The molecule has 2 heterocycles. The van der Waals surface area contributed by atoms with Crippen molar-refractivity contribution in [2.75, 3.05) is 19.5 Å². The minimum absolute atomic E-state index is 0.0980. The van der Waals surface area contributed by atoms with Gasteiger partial charge in [-0.3, -0.25) is 9.59 Å². The number of aromatic nitrogens is 1. The summed E-state index contributed by atoms with van der Waals surface area (Å²) >= 11 is 0. The van der Waals surface area contributed by atoms with Crippen LogP contribution in [0.3, 0.4) is 0 Å². The number of anilines is 1. The largest absolute Gasteiger partial charge is 0.497 e. The van der Waals surface area contributed by atoms with Crippen molar-refractivity contribution < 1.29 is 14.3 Å². The van der Waals surface area contributed by atoms with E-state index in [0.29, 0.717) is 11.3 Å². The standard InChI is InChI=1S/C26H23N3O3/c1-29-24(16-7-10-19(32-2)11-8-16)23(20-5-3-4-6-21(20)26(29)31)25(30)28-18-9-12-22-17(15-18)13-14-27-22/h3-15,23-24,27H,1-2H3,(H,28,30)/t23-,24+/m1/s1.